The van der Waals surface area contributed by atoms with Crippen molar-refractivity contribution in [3.63, 3.8) is 0 Å². The first-order valence-corrected chi connectivity index (χ1v) is 10.6. The van der Waals surface area contributed by atoms with E-state index in [1.54, 1.807) is 11.0 Å². The number of halogens is 3. The molecule has 2 aliphatic heterocycles. The number of likely N-dealkylation sites (tertiary alicyclic amines) is 1. The van der Waals surface area contributed by atoms with Crippen LogP contribution in [0.5, 0.6) is 5.75 Å². The summed E-state index contributed by atoms with van der Waals surface area (Å²) in [6.07, 6.45) is -2.07. The molecule has 1 N–H and O–H groups in total. The number of benzene rings is 2. The van der Waals surface area contributed by atoms with Gasteiger partial charge in [0.15, 0.2) is 0 Å². The lowest BCUT2D eigenvalue weighted by Crippen LogP contribution is -2.51. The first-order valence-electron chi connectivity index (χ1n) is 10.6. The van der Waals surface area contributed by atoms with E-state index in [1.165, 1.54) is 12.1 Å². The number of ether oxygens (including phenoxy) is 2. The minimum Gasteiger partial charge on any atom is -0.445 e. The maximum absolute atomic E-state index is 12.7. The Morgan fingerprint density at radius 3 is 2.52 bits per heavy atom. The van der Waals surface area contributed by atoms with E-state index in [0.29, 0.717) is 31.6 Å². The number of nitrogens with one attached hydrogen (secondary N) is 1. The molecule has 0 aliphatic carbocycles. The molecule has 0 unspecified atom stereocenters. The van der Waals surface area contributed by atoms with Gasteiger partial charge in [0.25, 0.3) is 0 Å². The molecule has 3 aromatic rings. The van der Waals surface area contributed by atoms with Crippen LogP contribution in [0.4, 0.5) is 23.7 Å². The van der Waals surface area contributed by atoms with Crippen LogP contribution in [0, 0.1) is 0 Å². The summed E-state index contributed by atoms with van der Waals surface area (Å²) < 4.78 is 49.7. The van der Waals surface area contributed by atoms with Gasteiger partial charge in [0.1, 0.15) is 12.4 Å². The van der Waals surface area contributed by atoms with Crippen molar-refractivity contribution in [1.29, 1.82) is 0 Å². The Bertz CT molecular complexity index is 1150. The molecule has 0 saturated carbocycles. The third-order valence-electron chi connectivity index (χ3n) is 6.15. The van der Waals surface area contributed by atoms with E-state index in [4.69, 9.17) is 4.74 Å². The second kappa shape index (κ2) is 8.06. The number of amides is 1. The molecule has 1 spiro atoms. The summed E-state index contributed by atoms with van der Waals surface area (Å²) in [7, 11) is 0. The smallest absolute Gasteiger partial charge is 0.445 e. The molecule has 0 radical (unpaired) electrons. The summed E-state index contributed by atoms with van der Waals surface area (Å²) in [6.45, 7) is 1.12. The summed E-state index contributed by atoms with van der Waals surface area (Å²) in [4.78, 5) is 14.2. The lowest BCUT2D eigenvalue weighted by Gasteiger charge is -2.46. The Hall–Kier alpha value is -3.62. The van der Waals surface area contributed by atoms with E-state index < -0.39 is 11.9 Å². The number of hydrogen-bond donors (Lipinski definition) is 1. The molecule has 3 heterocycles. The molecule has 1 aromatic heterocycles. The van der Waals surface area contributed by atoms with Gasteiger partial charge in [-0.3, -0.25) is 0 Å². The highest BCUT2D eigenvalue weighted by molar-refractivity contribution is 5.70. The third kappa shape index (κ3) is 4.22. The first kappa shape index (κ1) is 21.2. The molecule has 0 bridgehead atoms. The highest BCUT2D eigenvalue weighted by Gasteiger charge is 2.43. The van der Waals surface area contributed by atoms with E-state index in [9.17, 15) is 18.0 Å². The molecule has 1 fully saturated rings. The zero-order valence-electron chi connectivity index (χ0n) is 17.6. The Balaban J connectivity index is 1.31. The fourth-order valence-electron chi connectivity index (χ4n) is 4.59. The largest absolute Gasteiger partial charge is 0.573 e. The monoisotopic (exact) mass is 457 g/mol. The molecule has 1 amide bonds. The fourth-order valence-corrected chi connectivity index (χ4v) is 4.59. The summed E-state index contributed by atoms with van der Waals surface area (Å²) in [5.41, 5.74) is 2.72. The van der Waals surface area contributed by atoms with Crippen LogP contribution in [0.25, 0.3) is 5.69 Å². The van der Waals surface area contributed by atoms with Gasteiger partial charge in [0.2, 0.25) is 0 Å². The second-order valence-electron chi connectivity index (χ2n) is 8.22. The Morgan fingerprint density at radius 2 is 1.79 bits per heavy atom. The Labute approximate surface area is 188 Å². The number of aromatic nitrogens is 1. The van der Waals surface area contributed by atoms with Gasteiger partial charge in [-0.15, -0.1) is 13.2 Å². The van der Waals surface area contributed by atoms with E-state index in [1.807, 2.05) is 53.2 Å². The molecule has 0 atom stereocenters. The average molecular weight is 457 g/mol. The van der Waals surface area contributed by atoms with Gasteiger partial charge < -0.3 is 24.3 Å². The molecular formula is C24H22F3N3O3. The fraction of sp³-hybridized carbons (Fsp3) is 0.292. The van der Waals surface area contributed by atoms with E-state index >= 15 is 0 Å². The molecule has 2 aromatic carbocycles. The van der Waals surface area contributed by atoms with E-state index in [-0.39, 0.29) is 18.4 Å². The van der Waals surface area contributed by atoms with Crippen molar-refractivity contribution >= 4 is 11.8 Å². The Kier molecular flexibility index (Phi) is 5.19. The minimum absolute atomic E-state index is 0.206. The SMILES string of the molecule is O=C(OCc1ccccc1)N1CCC2(CC1)Nc1cc(OC(F)(F)F)ccc1-n1cccc12. The molecule has 1 saturated heterocycles. The van der Waals surface area contributed by atoms with Crippen LogP contribution in [-0.2, 0) is 16.9 Å². The predicted octanol–water partition coefficient (Wildman–Crippen LogP) is 5.43. The number of carbonyl (C=O) groups is 1. The number of anilines is 1. The first-order chi connectivity index (χ1) is 15.8. The van der Waals surface area contributed by atoms with Gasteiger partial charge in [-0.2, -0.15) is 0 Å². The van der Waals surface area contributed by atoms with Gasteiger partial charge in [-0.1, -0.05) is 30.3 Å². The van der Waals surface area contributed by atoms with Gasteiger partial charge in [-0.05, 0) is 42.7 Å². The number of alkyl halides is 3. The van der Waals surface area contributed by atoms with Crippen LogP contribution < -0.4 is 10.1 Å². The van der Waals surface area contributed by atoms with Gasteiger partial charge in [0.05, 0.1) is 16.9 Å². The maximum atomic E-state index is 12.7. The van der Waals surface area contributed by atoms with Crippen LogP contribution in [0.15, 0.2) is 66.9 Å². The molecular weight excluding hydrogens is 435 g/mol. The quantitative estimate of drug-likeness (QED) is 0.570. The van der Waals surface area contributed by atoms with Crippen molar-refractivity contribution in [3.8, 4) is 11.4 Å². The number of carbonyl (C=O) groups excluding carboxylic acids is 1. The van der Waals surface area contributed by atoms with Crippen molar-refractivity contribution < 1.29 is 27.4 Å². The van der Waals surface area contributed by atoms with Gasteiger partial charge in [0, 0.05) is 31.0 Å². The maximum Gasteiger partial charge on any atom is 0.573 e. The van der Waals surface area contributed by atoms with Crippen molar-refractivity contribution in [2.24, 2.45) is 0 Å². The molecule has 9 heteroatoms. The second-order valence-corrected chi connectivity index (χ2v) is 8.22. The number of piperidine rings is 1. The Morgan fingerprint density at radius 1 is 1.03 bits per heavy atom. The highest BCUT2D eigenvalue weighted by Crippen LogP contribution is 2.44. The lowest BCUT2D eigenvalue weighted by molar-refractivity contribution is -0.274. The van der Waals surface area contributed by atoms with Crippen LogP contribution >= 0.6 is 0 Å². The number of hydrogen-bond acceptors (Lipinski definition) is 4. The zero-order chi connectivity index (χ0) is 23.1. The van der Waals surface area contributed by atoms with Crippen LogP contribution in [-0.4, -0.2) is 35.0 Å². The summed E-state index contributed by atoms with van der Waals surface area (Å²) in [5.74, 6) is -0.276. The van der Waals surface area contributed by atoms with Gasteiger partial charge >= 0.3 is 12.5 Å². The highest BCUT2D eigenvalue weighted by atomic mass is 19.4. The van der Waals surface area contributed by atoms with E-state index in [0.717, 1.165) is 16.9 Å². The van der Waals surface area contributed by atoms with Crippen molar-refractivity contribution in [3.05, 3.63) is 78.1 Å². The van der Waals surface area contributed by atoms with Crippen molar-refractivity contribution in [2.75, 3.05) is 18.4 Å². The van der Waals surface area contributed by atoms with Crippen LogP contribution in [0.2, 0.25) is 0 Å². The average Bonchev–Trinajstić information content (AvgIpc) is 3.29. The van der Waals surface area contributed by atoms with Crippen molar-refractivity contribution in [2.45, 2.75) is 31.3 Å². The molecule has 2 aliphatic rings. The lowest BCUT2D eigenvalue weighted by atomic mass is 9.82. The van der Waals surface area contributed by atoms with Crippen LogP contribution in [0.3, 0.4) is 0 Å². The molecule has 5 rings (SSSR count). The molecule has 172 valence electrons. The molecule has 33 heavy (non-hydrogen) atoms. The predicted molar refractivity (Wildman–Crippen MR) is 115 cm³/mol. The topological polar surface area (TPSA) is 55.7 Å². The van der Waals surface area contributed by atoms with Crippen molar-refractivity contribution in [1.82, 2.24) is 9.47 Å². The standard InChI is InChI=1S/C24H22F3N3O3/c25-24(26,27)33-18-8-9-20-19(15-18)28-23(21-7-4-12-30(20)21)10-13-29(14-11-23)22(31)32-16-17-5-2-1-3-6-17/h1-9,12,15,28H,10-11,13-14,16H2. The number of fused-ring (bicyclic) bond motifs is 4. The normalized spacial score (nSPS) is 16.5. The number of rotatable bonds is 3. The van der Waals surface area contributed by atoms with Gasteiger partial charge in [-0.25, -0.2) is 4.79 Å². The number of nitrogens with zero attached hydrogens (tertiary/aromatic N) is 2. The van der Waals surface area contributed by atoms with E-state index in [2.05, 4.69) is 10.1 Å². The molecule has 6 nitrogen and oxygen atoms in total. The third-order valence-corrected chi connectivity index (χ3v) is 6.15. The summed E-state index contributed by atoms with van der Waals surface area (Å²) >= 11 is 0. The zero-order valence-corrected chi connectivity index (χ0v) is 17.6. The van der Waals surface area contributed by atoms with Crippen LogP contribution in [0.1, 0.15) is 24.1 Å². The summed E-state index contributed by atoms with van der Waals surface area (Å²) in [5, 5.41) is 3.45. The summed E-state index contributed by atoms with van der Waals surface area (Å²) in [6, 6.07) is 17.7. The minimum atomic E-state index is -4.76.